The number of rotatable bonds is 4. The van der Waals surface area contributed by atoms with Crippen molar-refractivity contribution in [3.63, 3.8) is 0 Å². The molecule has 1 aliphatic heterocycles. The van der Waals surface area contributed by atoms with Crippen LogP contribution in [0.3, 0.4) is 0 Å². The lowest BCUT2D eigenvalue weighted by molar-refractivity contribution is -0.142. The predicted octanol–water partition coefficient (Wildman–Crippen LogP) is 1.70. The fourth-order valence-electron chi connectivity index (χ4n) is 1.96. The average Bonchev–Trinajstić information content (AvgIpc) is 2.46. The van der Waals surface area contributed by atoms with Crippen molar-refractivity contribution in [2.24, 2.45) is 0 Å². The molecule has 1 heterocycles. The van der Waals surface area contributed by atoms with E-state index in [1.54, 1.807) is 0 Å². The first-order valence-corrected chi connectivity index (χ1v) is 6.39. The Hall–Kier alpha value is -1.55. The highest BCUT2D eigenvalue weighted by molar-refractivity contribution is 5.81. The van der Waals surface area contributed by atoms with Crippen LogP contribution in [0.25, 0.3) is 0 Å². The Morgan fingerprint density at radius 2 is 2.00 bits per heavy atom. The molecule has 4 nitrogen and oxygen atoms in total. The highest BCUT2D eigenvalue weighted by Gasteiger charge is 2.25. The van der Waals surface area contributed by atoms with E-state index in [9.17, 15) is 4.79 Å². The first-order chi connectivity index (χ1) is 8.81. The summed E-state index contributed by atoms with van der Waals surface area (Å²) in [4.78, 5) is 14.1. The van der Waals surface area contributed by atoms with Crippen LogP contribution in [-0.2, 0) is 9.53 Å². The number of carbonyl (C=O) groups is 1. The fourth-order valence-corrected chi connectivity index (χ4v) is 1.96. The van der Waals surface area contributed by atoms with E-state index in [1.165, 1.54) is 0 Å². The van der Waals surface area contributed by atoms with E-state index < -0.39 is 6.10 Å². The van der Waals surface area contributed by atoms with Crippen LogP contribution in [0.5, 0.6) is 5.75 Å². The molecule has 1 fully saturated rings. The van der Waals surface area contributed by atoms with Crippen molar-refractivity contribution >= 4 is 5.91 Å². The molecule has 4 heteroatoms. The zero-order chi connectivity index (χ0) is 12.8. The molecule has 1 aromatic carbocycles. The lowest BCUT2D eigenvalue weighted by Gasteiger charge is -2.30. The van der Waals surface area contributed by atoms with Crippen LogP contribution in [0.15, 0.2) is 30.3 Å². The molecule has 1 aromatic rings. The number of morpholine rings is 1. The Morgan fingerprint density at radius 1 is 1.33 bits per heavy atom. The third-order valence-electron chi connectivity index (χ3n) is 2.99. The SMILES string of the molecule is CC[C@@H](Oc1ccccc1)C(=O)N1CCOCC1. The minimum Gasteiger partial charge on any atom is -0.481 e. The zero-order valence-corrected chi connectivity index (χ0v) is 10.7. The van der Waals surface area contributed by atoms with E-state index in [0.29, 0.717) is 32.7 Å². The van der Waals surface area contributed by atoms with E-state index in [1.807, 2.05) is 42.2 Å². The number of nitrogens with zero attached hydrogens (tertiary/aromatic N) is 1. The van der Waals surface area contributed by atoms with Gasteiger partial charge in [-0.15, -0.1) is 0 Å². The van der Waals surface area contributed by atoms with Gasteiger partial charge in [0.15, 0.2) is 6.10 Å². The Morgan fingerprint density at radius 3 is 2.61 bits per heavy atom. The number of amides is 1. The smallest absolute Gasteiger partial charge is 0.263 e. The maximum Gasteiger partial charge on any atom is 0.263 e. The second kappa shape index (κ2) is 6.40. The molecular formula is C14H19NO3. The number of hydrogen-bond donors (Lipinski definition) is 0. The molecule has 1 atom stereocenters. The van der Waals surface area contributed by atoms with Crippen molar-refractivity contribution in [2.75, 3.05) is 26.3 Å². The first-order valence-electron chi connectivity index (χ1n) is 6.39. The second-order valence-electron chi connectivity index (χ2n) is 4.27. The number of ether oxygens (including phenoxy) is 2. The van der Waals surface area contributed by atoms with E-state index in [2.05, 4.69) is 0 Å². The molecule has 1 saturated heterocycles. The molecule has 0 unspecified atom stereocenters. The predicted molar refractivity (Wildman–Crippen MR) is 68.5 cm³/mol. The molecule has 0 aromatic heterocycles. The maximum atomic E-state index is 12.3. The van der Waals surface area contributed by atoms with E-state index in [4.69, 9.17) is 9.47 Å². The Kier molecular flexibility index (Phi) is 4.59. The van der Waals surface area contributed by atoms with Gasteiger partial charge in [0.2, 0.25) is 0 Å². The van der Waals surface area contributed by atoms with Crippen molar-refractivity contribution in [2.45, 2.75) is 19.4 Å². The normalized spacial score (nSPS) is 17.3. The standard InChI is InChI=1S/C14H19NO3/c1-2-13(18-12-6-4-3-5-7-12)14(16)15-8-10-17-11-9-15/h3-7,13H,2,8-11H2,1H3/t13-/m1/s1. The van der Waals surface area contributed by atoms with Gasteiger partial charge in [0, 0.05) is 13.1 Å². The lowest BCUT2D eigenvalue weighted by Crippen LogP contribution is -2.47. The minimum absolute atomic E-state index is 0.0599. The summed E-state index contributed by atoms with van der Waals surface area (Å²) in [7, 11) is 0. The minimum atomic E-state index is -0.398. The summed E-state index contributed by atoms with van der Waals surface area (Å²) in [5, 5.41) is 0. The first kappa shape index (κ1) is 12.9. The molecule has 18 heavy (non-hydrogen) atoms. The van der Waals surface area contributed by atoms with Crippen LogP contribution in [0.2, 0.25) is 0 Å². The van der Waals surface area contributed by atoms with Crippen molar-refractivity contribution in [3.05, 3.63) is 30.3 Å². The maximum absolute atomic E-state index is 12.3. The topological polar surface area (TPSA) is 38.8 Å². The summed E-state index contributed by atoms with van der Waals surface area (Å²) in [6.45, 7) is 4.52. The van der Waals surface area contributed by atoms with Crippen molar-refractivity contribution in [3.8, 4) is 5.75 Å². The van der Waals surface area contributed by atoms with Crippen LogP contribution >= 0.6 is 0 Å². The van der Waals surface area contributed by atoms with Crippen LogP contribution in [0.1, 0.15) is 13.3 Å². The largest absolute Gasteiger partial charge is 0.481 e. The molecular weight excluding hydrogens is 230 g/mol. The van der Waals surface area contributed by atoms with Gasteiger partial charge >= 0.3 is 0 Å². The molecule has 1 amide bonds. The number of para-hydroxylation sites is 1. The van der Waals surface area contributed by atoms with Crippen molar-refractivity contribution < 1.29 is 14.3 Å². The van der Waals surface area contributed by atoms with Crippen LogP contribution in [0.4, 0.5) is 0 Å². The Bertz CT molecular complexity index is 374. The van der Waals surface area contributed by atoms with Gasteiger partial charge in [0.1, 0.15) is 5.75 Å². The molecule has 1 aliphatic rings. The number of benzene rings is 1. The molecule has 0 N–H and O–H groups in total. The summed E-state index contributed by atoms with van der Waals surface area (Å²) in [5.41, 5.74) is 0. The van der Waals surface area contributed by atoms with Crippen LogP contribution < -0.4 is 4.74 Å². The van der Waals surface area contributed by atoms with Crippen molar-refractivity contribution in [1.82, 2.24) is 4.90 Å². The summed E-state index contributed by atoms with van der Waals surface area (Å²) in [5.74, 6) is 0.801. The summed E-state index contributed by atoms with van der Waals surface area (Å²) in [6, 6.07) is 9.48. The fraction of sp³-hybridized carbons (Fsp3) is 0.500. The summed E-state index contributed by atoms with van der Waals surface area (Å²) >= 11 is 0. The van der Waals surface area contributed by atoms with E-state index >= 15 is 0 Å². The van der Waals surface area contributed by atoms with Gasteiger partial charge in [-0.2, -0.15) is 0 Å². The lowest BCUT2D eigenvalue weighted by atomic mass is 10.2. The highest BCUT2D eigenvalue weighted by atomic mass is 16.5. The van der Waals surface area contributed by atoms with Gasteiger partial charge in [0.05, 0.1) is 13.2 Å². The number of hydrogen-bond acceptors (Lipinski definition) is 3. The third kappa shape index (κ3) is 3.23. The van der Waals surface area contributed by atoms with Gasteiger partial charge in [-0.1, -0.05) is 25.1 Å². The van der Waals surface area contributed by atoms with Gasteiger partial charge < -0.3 is 14.4 Å². The molecule has 0 aliphatic carbocycles. The molecule has 0 saturated carbocycles. The van der Waals surface area contributed by atoms with Gasteiger partial charge in [-0.25, -0.2) is 0 Å². The molecule has 0 radical (unpaired) electrons. The summed E-state index contributed by atoms with van der Waals surface area (Å²) in [6.07, 6.45) is 0.274. The van der Waals surface area contributed by atoms with E-state index in [-0.39, 0.29) is 5.91 Å². The Balaban J connectivity index is 1.97. The van der Waals surface area contributed by atoms with Gasteiger partial charge in [0.25, 0.3) is 5.91 Å². The van der Waals surface area contributed by atoms with E-state index in [0.717, 1.165) is 5.75 Å². The molecule has 0 spiro atoms. The second-order valence-corrected chi connectivity index (χ2v) is 4.27. The molecule has 98 valence electrons. The average molecular weight is 249 g/mol. The quantitative estimate of drug-likeness (QED) is 0.815. The zero-order valence-electron chi connectivity index (χ0n) is 10.7. The monoisotopic (exact) mass is 249 g/mol. The molecule has 0 bridgehead atoms. The van der Waals surface area contributed by atoms with Gasteiger partial charge in [-0.3, -0.25) is 4.79 Å². The van der Waals surface area contributed by atoms with Gasteiger partial charge in [-0.05, 0) is 18.6 Å². The molecule has 2 rings (SSSR count). The number of carbonyl (C=O) groups excluding carboxylic acids is 1. The Labute approximate surface area is 107 Å². The third-order valence-corrected chi connectivity index (χ3v) is 2.99. The summed E-state index contributed by atoms with van der Waals surface area (Å²) < 4.78 is 11.0. The van der Waals surface area contributed by atoms with Crippen molar-refractivity contribution in [1.29, 1.82) is 0 Å². The highest BCUT2D eigenvalue weighted by Crippen LogP contribution is 2.14. The van der Waals surface area contributed by atoms with Crippen LogP contribution in [0, 0.1) is 0 Å². The van der Waals surface area contributed by atoms with Crippen LogP contribution in [-0.4, -0.2) is 43.2 Å².